The van der Waals surface area contributed by atoms with Crippen LogP contribution < -0.4 is 0 Å². The van der Waals surface area contributed by atoms with Gasteiger partial charge in [-0.3, -0.25) is 4.79 Å². The first-order chi connectivity index (χ1) is 11.8. The zero-order valence-corrected chi connectivity index (χ0v) is 13.7. The van der Waals surface area contributed by atoms with Gasteiger partial charge in [0.25, 0.3) is 0 Å². The number of ether oxygens (including phenoxy) is 2. The first-order valence-corrected chi connectivity index (χ1v) is 8.44. The molecule has 1 aliphatic heterocycles. The molecule has 0 spiro atoms. The van der Waals surface area contributed by atoms with Crippen molar-refractivity contribution >= 4 is 5.78 Å². The van der Waals surface area contributed by atoms with Gasteiger partial charge in [0.1, 0.15) is 0 Å². The van der Waals surface area contributed by atoms with E-state index in [0.717, 1.165) is 37.9 Å². The van der Waals surface area contributed by atoms with Crippen LogP contribution in [-0.4, -0.2) is 18.7 Å². The minimum Gasteiger partial charge on any atom is -0.473 e. The van der Waals surface area contributed by atoms with E-state index in [1.54, 1.807) is 6.26 Å². The van der Waals surface area contributed by atoms with E-state index < -0.39 is 0 Å². The van der Waals surface area contributed by atoms with Gasteiger partial charge in [-0.05, 0) is 30.9 Å². The van der Waals surface area contributed by atoms with E-state index in [4.69, 9.17) is 9.47 Å². The highest BCUT2D eigenvalue weighted by Gasteiger charge is 2.12. The van der Waals surface area contributed by atoms with Gasteiger partial charge in [-0.2, -0.15) is 0 Å². The van der Waals surface area contributed by atoms with E-state index in [1.165, 1.54) is 0 Å². The fraction of sp³-hybridized carbons (Fsp3) is 0.286. The van der Waals surface area contributed by atoms with Crippen molar-refractivity contribution in [2.45, 2.75) is 32.0 Å². The summed E-state index contributed by atoms with van der Waals surface area (Å²) in [6, 6.07) is 17.1. The van der Waals surface area contributed by atoms with E-state index in [9.17, 15) is 4.79 Å². The molecule has 24 heavy (non-hydrogen) atoms. The topological polar surface area (TPSA) is 35.5 Å². The second-order valence-corrected chi connectivity index (χ2v) is 5.90. The summed E-state index contributed by atoms with van der Waals surface area (Å²) in [5.41, 5.74) is 2.57. The normalized spacial score (nSPS) is 17.8. The quantitative estimate of drug-likeness (QED) is 0.579. The summed E-state index contributed by atoms with van der Waals surface area (Å²) >= 11 is 0. The SMILES string of the molecule is O=C(c1ccccc1)c1ccc(C/C=C\OC2CCCCO2)cc1. The summed E-state index contributed by atoms with van der Waals surface area (Å²) in [6.07, 6.45) is 7.62. The maximum Gasteiger partial charge on any atom is 0.198 e. The van der Waals surface area contributed by atoms with E-state index >= 15 is 0 Å². The molecule has 0 saturated carbocycles. The zero-order valence-electron chi connectivity index (χ0n) is 13.7. The van der Waals surface area contributed by atoms with Gasteiger partial charge in [0, 0.05) is 17.5 Å². The molecule has 1 heterocycles. The van der Waals surface area contributed by atoms with Crippen molar-refractivity contribution in [3.8, 4) is 0 Å². The Morgan fingerprint density at radius 3 is 2.50 bits per heavy atom. The van der Waals surface area contributed by atoms with Gasteiger partial charge in [0.15, 0.2) is 12.1 Å². The molecule has 2 aromatic carbocycles. The Hall–Kier alpha value is -2.39. The van der Waals surface area contributed by atoms with Crippen LogP contribution in [0, 0.1) is 0 Å². The molecular weight excluding hydrogens is 300 g/mol. The molecule has 1 aliphatic rings. The fourth-order valence-electron chi connectivity index (χ4n) is 2.69. The Morgan fingerprint density at radius 2 is 1.79 bits per heavy atom. The smallest absolute Gasteiger partial charge is 0.198 e. The molecule has 3 nitrogen and oxygen atoms in total. The second kappa shape index (κ2) is 8.46. The average molecular weight is 322 g/mol. The van der Waals surface area contributed by atoms with Crippen LogP contribution in [0.25, 0.3) is 0 Å². The number of rotatable bonds is 6. The van der Waals surface area contributed by atoms with Gasteiger partial charge in [-0.25, -0.2) is 0 Å². The lowest BCUT2D eigenvalue weighted by Crippen LogP contribution is -2.19. The summed E-state index contributed by atoms with van der Waals surface area (Å²) < 4.78 is 11.1. The van der Waals surface area contributed by atoms with Crippen LogP contribution in [-0.2, 0) is 15.9 Å². The Labute approximate surface area is 142 Å². The lowest BCUT2D eigenvalue weighted by Gasteiger charge is -2.21. The van der Waals surface area contributed by atoms with Crippen LogP contribution in [0.2, 0.25) is 0 Å². The number of allylic oxidation sites excluding steroid dienone is 1. The molecule has 1 saturated heterocycles. The minimum absolute atomic E-state index is 0.0514. The third kappa shape index (κ3) is 4.56. The predicted molar refractivity (Wildman–Crippen MR) is 93.8 cm³/mol. The van der Waals surface area contributed by atoms with Crippen LogP contribution in [0.15, 0.2) is 66.9 Å². The highest BCUT2D eigenvalue weighted by molar-refractivity contribution is 6.08. The van der Waals surface area contributed by atoms with Crippen LogP contribution in [0.3, 0.4) is 0 Å². The molecule has 0 N–H and O–H groups in total. The molecule has 0 amide bonds. The standard InChI is InChI=1S/C21H22O3/c22-21(18-8-2-1-3-9-18)19-13-11-17(12-14-19)7-6-16-24-20-10-4-5-15-23-20/h1-3,6,8-9,11-14,16,20H,4-5,7,10,15H2/b16-6-. The summed E-state index contributed by atoms with van der Waals surface area (Å²) in [4.78, 5) is 12.3. The molecule has 1 atom stereocenters. The van der Waals surface area contributed by atoms with Crippen molar-refractivity contribution in [1.82, 2.24) is 0 Å². The van der Waals surface area contributed by atoms with Crippen molar-refractivity contribution in [1.29, 1.82) is 0 Å². The van der Waals surface area contributed by atoms with Crippen molar-refractivity contribution in [3.63, 3.8) is 0 Å². The molecule has 3 heteroatoms. The van der Waals surface area contributed by atoms with E-state index in [2.05, 4.69) is 0 Å². The van der Waals surface area contributed by atoms with Gasteiger partial charge in [-0.15, -0.1) is 0 Å². The van der Waals surface area contributed by atoms with Gasteiger partial charge in [-0.1, -0.05) is 54.6 Å². The summed E-state index contributed by atoms with van der Waals surface area (Å²) in [7, 11) is 0. The molecule has 124 valence electrons. The summed E-state index contributed by atoms with van der Waals surface area (Å²) in [6.45, 7) is 0.787. The first-order valence-electron chi connectivity index (χ1n) is 8.44. The molecule has 3 rings (SSSR count). The third-order valence-corrected chi connectivity index (χ3v) is 4.07. The molecule has 0 aromatic heterocycles. The lowest BCUT2D eigenvalue weighted by atomic mass is 10.0. The molecule has 1 unspecified atom stereocenters. The van der Waals surface area contributed by atoms with Gasteiger partial charge < -0.3 is 9.47 Å². The molecular formula is C21H22O3. The van der Waals surface area contributed by atoms with Crippen LogP contribution >= 0.6 is 0 Å². The fourth-order valence-corrected chi connectivity index (χ4v) is 2.69. The second-order valence-electron chi connectivity index (χ2n) is 5.90. The Kier molecular flexibility index (Phi) is 5.80. The van der Waals surface area contributed by atoms with Crippen molar-refractivity contribution in [2.24, 2.45) is 0 Å². The number of carbonyl (C=O) groups is 1. The number of carbonyl (C=O) groups excluding carboxylic acids is 1. The maximum absolute atomic E-state index is 12.3. The Morgan fingerprint density at radius 1 is 1.04 bits per heavy atom. The van der Waals surface area contributed by atoms with Gasteiger partial charge in [0.05, 0.1) is 12.9 Å². The average Bonchev–Trinajstić information content (AvgIpc) is 2.67. The van der Waals surface area contributed by atoms with Crippen LogP contribution in [0.1, 0.15) is 40.7 Å². The summed E-state index contributed by atoms with van der Waals surface area (Å²) in [5, 5.41) is 0. The summed E-state index contributed by atoms with van der Waals surface area (Å²) in [5.74, 6) is 0.0514. The van der Waals surface area contributed by atoms with Gasteiger partial charge >= 0.3 is 0 Å². The lowest BCUT2D eigenvalue weighted by molar-refractivity contribution is -0.129. The van der Waals surface area contributed by atoms with E-state index in [1.807, 2.05) is 60.7 Å². The van der Waals surface area contributed by atoms with E-state index in [-0.39, 0.29) is 12.1 Å². The van der Waals surface area contributed by atoms with Crippen molar-refractivity contribution in [3.05, 3.63) is 83.6 Å². The number of benzene rings is 2. The molecule has 0 radical (unpaired) electrons. The number of hydrogen-bond acceptors (Lipinski definition) is 3. The highest BCUT2D eigenvalue weighted by Crippen LogP contribution is 2.14. The Balaban J connectivity index is 1.52. The van der Waals surface area contributed by atoms with Crippen LogP contribution in [0.5, 0.6) is 0 Å². The highest BCUT2D eigenvalue weighted by atomic mass is 16.7. The largest absolute Gasteiger partial charge is 0.473 e. The molecule has 2 aromatic rings. The number of ketones is 1. The predicted octanol–water partition coefficient (Wildman–Crippen LogP) is 4.52. The zero-order chi connectivity index (χ0) is 16.6. The number of hydrogen-bond donors (Lipinski definition) is 0. The third-order valence-electron chi connectivity index (χ3n) is 4.07. The van der Waals surface area contributed by atoms with Crippen LogP contribution in [0.4, 0.5) is 0 Å². The maximum atomic E-state index is 12.3. The molecule has 1 fully saturated rings. The first kappa shape index (κ1) is 16.5. The monoisotopic (exact) mass is 322 g/mol. The van der Waals surface area contributed by atoms with Gasteiger partial charge in [0.2, 0.25) is 0 Å². The van der Waals surface area contributed by atoms with Crippen molar-refractivity contribution < 1.29 is 14.3 Å². The Bertz CT molecular complexity index is 668. The van der Waals surface area contributed by atoms with Crippen molar-refractivity contribution in [2.75, 3.05) is 6.61 Å². The molecule has 0 aliphatic carbocycles. The minimum atomic E-state index is -0.0964. The van der Waals surface area contributed by atoms with E-state index in [0.29, 0.717) is 11.1 Å². The molecule has 0 bridgehead atoms.